The second kappa shape index (κ2) is 11.3. The van der Waals surface area contributed by atoms with Crippen LogP contribution in [-0.2, 0) is 32.0 Å². The lowest BCUT2D eigenvalue weighted by atomic mass is 10.0. The Morgan fingerprint density at radius 2 is 1.74 bits per heavy atom. The van der Waals surface area contributed by atoms with Gasteiger partial charge in [-0.05, 0) is 29.3 Å². The molecule has 9 heteroatoms. The smallest absolute Gasteiger partial charge is 0.328 e. The van der Waals surface area contributed by atoms with Crippen LogP contribution in [0.1, 0.15) is 18.1 Å². The van der Waals surface area contributed by atoms with Crippen molar-refractivity contribution < 1.29 is 28.2 Å². The molecule has 0 saturated carbocycles. The van der Waals surface area contributed by atoms with E-state index >= 15 is 0 Å². The zero-order chi connectivity index (χ0) is 23.0. The number of ether oxygens (including phenoxy) is 2. The predicted octanol–water partition coefficient (Wildman–Crippen LogP) is 2.44. The number of hydrogen-bond donors (Lipinski definition) is 2. The molecular formula is C22H24ClFN2O5. The van der Waals surface area contributed by atoms with Crippen molar-refractivity contribution in [1.29, 1.82) is 0 Å². The summed E-state index contributed by atoms with van der Waals surface area (Å²) < 4.78 is 24.0. The molecule has 2 aromatic rings. The number of nitrogens with one attached hydrogen (secondary N) is 2. The van der Waals surface area contributed by atoms with Gasteiger partial charge in [-0.2, -0.15) is 0 Å². The second-order valence-corrected chi connectivity index (χ2v) is 7.21. The first-order valence-electron chi connectivity index (χ1n) is 9.46. The average Bonchev–Trinajstić information content (AvgIpc) is 2.73. The highest BCUT2D eigenvalue weighted by atomic mass is 35.5. The Bertz CT molecular complexity index is 953. The quantitative estimate of drug-likeness (QED) is 0.572. The third-order valence-electron chi connectivity index (χ3n) is 4.53. The molecule has 0 radical (unpaired) electrons. The van der Waals surface area contributed by atoms with Crippen LogP contribution >= 0.6 is 11.6 Å². The van der Waals surface area contributed by atoms with E-state index in [1.165, 1.54) is 39.3 Å². The van der Waals surface area contributed by atoms with Gasteiger partial charge < -0.3 is 20.1 Å². The number of methoxy groups -OCH3 is 2. The van der Waals surface area contributed by atoms with E-state index in [-0.39, 0.29) is 18.4 Å². The Morgan fingerprint density at radius 1 is 1.03 bits per heavy atom. The van der Waals surface area contributed by atoms with Crippen molar-refractivity contribution in [3.63, 3.8) is 0 Å². The Kier molecular flexibility index (Phi) is 8.81. The van der Waals surface area contributed by atoms with Crippen molar-refractivity contribution in [1.82, 2.24) is 10.6 Å². The molecule has 0 fully saturated rings. The summed E-state index contributed by atoms with van der Waals surface area (Å²) in [6.45, 7) is 1.25. The summed E-state index contributed by atoms with van der Waals surface area (Å²) in [7, 11) is 2.68. The van der Waals surface area contributed by atoms with E-state index in [0.29, 0.717) is 16.3 Å². The van der Waals surface area contributed by atoms with E-state index in [2.05, 4.69) is 10.6 Å². The lowest BCUT2D eigenvalue weighted by Crippen LogP contribution is -2.53. The van der Waals surface area contributed by atoms with E-state index in [0.717, 1.165) is 0 Å². The summed E-state index contributed by atoms with van der Waals surface area (Å²) >= 11 is 6.13. The molecule has 0 aliphatic rings. The van der Waals surface area contributed by atoms with Crippen LogP contribution in [-0.4, -0.2) is 44.1 Å². The predicted molar refractivity (Wildman–Crippen MR) is 113 cm³/mol. The number of amides is 2. The molecule has 31 heavy (non-hydrogen) atoms. The molecule has 0 unspecified atom stereocenters. The molecule has 166 valence electrons. The van der Waals surface area contributed by atoms with Crippen LogP contribution in [0, 0.1) is 5.82 Å². The minimum absolute atomic E-state index is 0.0830. The highest BCUT2D eigenvalue weighted by Gasteiger charge is 2.28. The summed E-state index contributed by atoms with van der Waals surface area (Å²) in [5.74, 6) is -1.81. The van der Waals surface area contributed by atoms with Crippen LogP contribution in [0.5, 0.6) is 5.75 Å². The van der Waals surface area contributed by atoms with Gasteiger partial charge in [0, 0.05) is 19.8 Å². The van der Waals surface area contributed by atoms with Crippen molar-refractivity contribution in [3.8, 4) is 5.75 Å². The lowest BCUT2D eigenvalue weighted by molar-refractivity contribution is -0.145. The average molecular weight is 451 g/mol. The van der Waals surface area contributed by atoms with E-state index in [9.17, 15) is 18.8 Å². The molecule has 0 saturated heterocycles. The van der Waals surface area contributed by atoms with Gasteiger partial charge in [0.15, 0.2) is 0 Å². The van der Waals surface area contributed by atoms with Crippen molar-refractivity contribution in [3.05, 3.63) is 64.4 Å². The van der Waals surface area contributed by atoms with Gasteiger partial charge >= 0.3 is 5.97 Å². The molecule has 2 atom stereocenters. The monoisotopic (exact) mass is 450 g/mol. The first-order chi connectivity index (χ1) is 14.7. The molecule has 0 aliphatic carbocycles. The summed E-state index contributed by atoms with van der Waals surface area (Å²) in [5.41, 5.74) is 0.916. The Labute approximate surface area is 184 Å². The first-order valence-corrected chi connectivity index (χ1v) is 9.84. The highest BCUT2D eigenvalue weighted by Crippen LogP contribution is 2.25. The fraction of sp³-hybridized carbons (Fsp3) is 0.318. The van der Waals surface area contributed by atoms with Crippen molar-refractivity contribution >= 4 is 29.4 Å². The van der Waals surface area contributed by atoms with Crippen LogP contribution in [0.3, 0.4) is 0 Å². The SMILES string of the molecule is COC(=O)[C@@H](Cc1ccc(OC)c(Cl)c1)NC(=O)[C@@H](Cc1ccccc1F)NC(C)=O. The molecule has 0 aliphatic heterocycles. The highest BCUT2D eigenvalue weighted by molar-refractivity contribution is 6.32. The van der Waals surface area contributed by atoms with E-state index in [4.69, 9.17) is 21.1 Å². The second-order valence-electron chi connectivity index (χ2n) is 6.81. The molecule has 0 spiro atoms. The minimum atomic E-state index is -1.08. The maximum Gasteiger partial charge on any atom is 0.328 e. The van der Waals surface area contributed by atoms with E-state index in [1.54, 1.807) is 24.3 Å². The summed E-state index contributed by atoms with van der Waals surface area (Å²) in [5, 5.41) is 5.44. The van der Waals surface area contributed by atoms with E-state index < -0.39 is 35.7 Å². The van der Waals surface area contributed by atoms with Gasteiger partial charge in [-0.25, -0.2) is 9.18 Å². The molecule has 0 aromatic heterocycles. The fourth-order valence-corrected chi connectivity index (χ4v) is 3.30. The molecule has 2 rings (SSSR count). The topological polar surface area (TPSA) is 93.7 Å². The molecule has 2 amide bonds. The maximum absolute atomic E-state index is 14.0. The lowest BCUT2D eigenvalue weighted by Gasteiger charge is -2.22. The van der Waals surface area contributed by atoms with Crippen LogP contribution in [0.25, 0.3) is 0 Å². The standard InChI is InChI=1S/C22H24ClFN2O5/c1-13(27)25-18(12-15-6-4-5-7-17(15)24)21(28)26-19(22(29)31-3)11-14-8-9-20(30-2)16(23)10-14/h4-10,18-19H,11-12H2,1-3H3,(H,25,27)(H,26,28)/t18-,19-/m1/s1. The van der Waals surface area contributed by atoms with Gasteiger partial charge in [0.1, 0.15) is 23.7 Å². The van der Waals surface area contributed by atoms with Crippen LogP contribution < -0.4 is 15.4 Å². The van der Waals surface area contributed by atoms with Gasteiger partial charge in [0.2, 0.25) is 11.8 Å². The molecular weight excluding hydrogens is 427 g/mol. The Morgan fingerprint density at radius 3 is 2.32 bits per heavy atom. The largest absolute Gasteiger partial charge is 0.495 e. The molecule has 2 aromatic carbocycles. The minimum Gasteiger partial charge on any atom is -0.495 e. The summed E-state index contributed by atoms with van der Waals surface area (Å²) in [6.07, 6.45) is 0.00889. The zero-order valence-electron chi connectivity index (χ0n) is 17.4. The van der Waals surface area contributed by atoms with Crippen LogP contribution in [0.15, 0.2) is 42.5 Å². The normalized spacial score (nSPS) is 12.4. The van der Waals surface area contributed by atoms with Gasteiger partial charge in [-0.3, -0.25) is 9.59 Å². The third kappa shape index (κ3) is 6.96. The van der Waals surface area contributed by atoms with Crippen LogP contribution in [0.4, 0.5) is 4.39 Å². The number of esters is 1. The summed E-state index contributed by atoms with van der Waals surface area (Å²) in [6, 6.07) is 8.79. The van der Waals surface area contributed by atoms with Crippen molar-refractivity contribution in [2.75, 3.05) is 14.2 Å². The third-order valence-corrected chi connectivity index (χ3v) is 4.83. The van der Waals surface area contributed by atoms with Gasteiger partial charge in [-0.1, -0.05) is 35.9 Å². The first kappa shape index (κ1) is 24.1. The maximum atomic E-state index is 14.0. The van der Waals surface area contributed by atoms with Gasteiger partial charge in [0.05, 0.1) is 19.2 Å². The molecule has 0 heterocycles. The van der Waals surface area contributed by atoms with Crippen molar-refractivity contribution in [2.24, 2.45) is 0 Å². The van der Waals surface area contributed by atoms with Crippen molar-refractivity contribution in [2.45, 2.75) is 31.8 Å². The number of benzene rings is 2. The number of hydrogen-bond acceptors (Lipinski definition) is 5. The molecule has 0 bridgehead atoms. The Hall–Kier alpha value is -3.13. The summed E-state index contributed by atoms with van der Waals surface area (Å²) in [4.78, 5) is 36.8. The number of carbonyl (C=O) groups is 3. The number of rotatable bonds is 9. The van der Waals surface area contributed by atoms with Crippen LogP contribution in [0.2, 0.25) is 5.02 Å². The van der Waals surface area contributed by atoms with E-state index in [1.807, 2.05) is 0 Å². The number of carbonyl (C=O) groups excluding carboxylic acids is 3. The Balaban J connectivity index is 2.21. The fourth-order valence-electron chi connectivity index (χ4n) is 3.02. The van der Waals surface area contributed by atoms with Gasteiger partial charge in [-0.15, -0.1) is 0 Å². The van der Waals surface area contributed by atoms with Gasteiger partial charge in [0.25, 0.3) is 0 Å². The number of halogens is 2. The zero-order valence-corrected chi connectivity index (χ0v) is 18.2. The molecule has 2 N–H and O–H groups in total. The molecule has 7 nitrogen and oxygen atoms in total.